The molecule has 5 heteroatoms. The Kier molecular flexibility index (Phi) is 4.65. The van der Waals surface area contributed by atoms with Crippen molar-refractivity contribution in [3.05, 3.63) is 47.1 Å². The van der Waals surface area contributed by atoms with Gasteiger partial charge in [0.15, 0.2) is 0 Å². The van der Waals surface area contributed by atoms with Gasteiger partial charge in [0.2, 0.25) is 0 Å². The second-order valence-corrected chi connectivity index (χ2v) is 5.01. The number of hydrogen-bond donors (Lipinski definition) is 3. The van der Waals surface area contributed by atoms with Crippen molar-refractivity contribution in [1.82, 2.24) is 0 Å². The standard InChI is InChI=1S/C16H18O5/c1-10(9-17)3-2-4-11-7-15(21-16(11)20)13-8-12(18)5-6-14(13)19/h3,5-8,15,17-19H,2,4,9H2,1H3/b10-3-/t15-/m0/s1. The average molecular weight is 290 g/mol. The average Bonchev–Trinajstić information content (AvgIpc) is 2.82. The molecule has 0 saturated heterocycles. The number of carbonyl (C=O) groups is 1. The Hall–Kier alpha value is -2.27. The first-order valence-corrected chi connectivity index (χ1v) is 6.71. The van der Waals surface area contributed by atoms with Crippen LogP contribution in [0.4, 0.5) is 0 Å². The summed E-state index contributed by atoms with van der Waals surface area (Å²) in [5, 5.41) is 28.1. The first-order chi connectivity index (χ1) is 10.0. The quantitative estimate of drug-likeness (QED) is 0.440. The first-order valence-electron chi connectivity index (χ1n) is 6.71. The third-order valence-corrected chi connectivity index (χ3v) is 3.32. The van der Waals surface area contributed by atoms with Gasteiger partial charge in [0.05, 0.1) is 6.61 Å². The summed E-state index contributed by atoms with van der Waals surface area (Å²) >= 11 is 0. The van der Waals surface area contributed by atoms with Crippen molar-refractivity contribution in [3.8, 4) is 11.5 Å². The van der Waals surface area contributed by atoms with Crippen LogP contribution in [0.3, 0.4) is 0 Å². The van der Waals surface area contributed by atoms with Crippen molar-refractivity contribution in [2.75, 3.05) is 6.61 Å². The van der Waals surface area contributed by atoms with Crippen molar-refractivity contribution in [2.45, 2.75) is 25.9 Å². The number of esters is 1. The van der Waals surface area contributed by atoms with Crippen LogP contribution in [0.1, 0.15) is 31.4 Å². The van der Waals surface area contributed by atoms with Gasteiger partial charge in [-0.25, -0.2) is 4.79 Å². The highest BCUT2D eigenvalue weighted by Crippen LogP contribution is 2.36. The second kappa shape index (κ2) is 6.45. The van der Waals surface area contributed by atoms with E-state index in [2.05, 4.69) is 0 Å². The van der Waals surface area contributed by atoms with E-state index >= 15 is 0 Å². The van der Waals surface area contributed by atoms with E-state index in [0.29, 0.717) is 24.0 Å². The van der Waals surface area contributed by atoms with Gasteiger partial charge in [-0.3, -0.25) is 0 Å². The monoisotopic (exact) mass is 290 g/mol. The summed E-state index contributed by atoms with van der Waals surface area (Å²) in [6.07, 6.45) is 3.98. The summed E-state index contributed by atoms with van der Waals surface area (Å²) in [6, 6.07) is 4.10. The molecule has 1 aromatic carbocycles. The maximum absolute atomic E-state index is 11.8. The van der Waals surface area contributed by atoms with Crippen LogP contribution in [0.25, 0.3) is 0 Å². The van der Waals surface area contributed by atoms with Crippen molar-refractivity contribution < 1.29 is 24.9 Å². The molecule has 1 heterocycles. The summed E-state index contributed by atoms with van der Waals surface area (Å²) in [5.74, 6) is -0.445. The van der Waals surface area contributed by atoms with Gasteiger partial charge < -0.3 is 20.1 Å². The molecule has 112 valence electrons. The number of phenolic OH excluding ortho intramolecular Hbond substituents is 2. The number of hydrogen-bond acceptors (Lipinski definition) is 5. The fourth-order valence-corrected chi connectivity index (χ4v) is 2.12. The van der Waals surface area contributed by atoms with Gasteiger partial charge in [0.1, 0.15) is 17.6 Å². The largest absolute Gasteiger partial charge is 0.508 e. The molecular formula is C16H18O5. The molecular weight excluding hydrogens is 272 g/mol. The summed E-state index contributed by atoms with van der Waals surface area (Å²) in [7, 11) is 0. The molecule has 0 unspecified atom stereocenters. The van der Waals surface area contributed by atoms with Crippen LogP contribution in [0.2, 0.25) is 0 Å². The lowest BCUT2D eigenvalue weighted by Crippen LogP contribution is -2.02. The van der Waals surface area contributed by atoms with Gasteiger partial charge in [0, 0.05) is 11.1 Å². The van der Waals surface area contributed by atoms with Crippen molar-refractivity contribution in [3.63, 3.8) is 0 Å². The zero-order chi connectivity index (χ0) is 15.4. The molecule has 0 radical (unpaired) electrons. The lowest BCUT2D eigenvalue weighted by Gasteiger charge is -2.10. The molecule has 1 aliphatic rings. The van der Waals surface area contributed by atoms with E-state index in [-0.39, 0.29) is 18.1 Å². The molecule has 3 N–H and O–H groups in total. The molecule has 0 aliphatic carbocycles. The molecule has 1 aliphatic heterocycles. The predicted octanol–water partition coefficient (Wildman–Crippen LogP) is 2.34. The molecule has 0 spiro atoms. The zero-order valence-corrected chi connectivity index (χ0v) is 11.7. The van der Waals surface area contributed by atoms with Gasteiger partial charge in [-0.15, -0.1) is 0 Å². The van der Waals surface area contributed by atoms with Crippen LogP contribution in [-0.4, -0.2) is 27.9 Å². The summed E-state index contributed by atoms with van der Waals surface area (Å²) in [6.45, 7) is 1.82. The smallest absolute Gasteiger partial charge is 0.334 e. The number of ether oxygens (including phenoxy) is 1. The molecule has 1 atom stereocenters. The zero-order valence-electron chi connectivity index (χ0n) is 11.7. The molecule has 21 heavy (non-hydrogen) atoms. The fourth-order valence-electron chi connectivity index (χ4n) is 2.12. The minimum Gasteiger partial charge on any atom is -0.508 e. The molecule has 0 bridgehead atoms. The lowest BCUT2D eigenvalue weighted by atomic mass is 10.0. The SMILES string of the molecule is C/C(=C/CCC1=C[C@@H](c2cc(O)ccc2O)OC1=O)CO. The molecule has 0 fully saturated rings. The number of aliphatic hydroxyl groups excluding tert-OH is 1. The maximum atomic E-state index is 11.8. The van der Waals surface area contributed by atoms with Crippen molar-refractivity contribution >= 4 is 5.97 Å². The fraction of sp³-hybridized carbons (Fsp3) is 0.312. The Morgan fingerprint density at radius 2 is 2.14 bits per heavy atom. The van der Waals surface area contributed by atoms with Crippen LogP contribution in [0.15, 0.2) is 41.5 Å². The number of phenols is 2. The Labute approximate surface area is 122 Å². The Bertz CT molecular complexity index is 601. The van der Waals surface area contributed by atoms with E-state index in [1.54, 1.807) is 6.08 Å². The van der Waals surface area contributed by atoms with Gasteiger partial charge in [0.25, 0.3) is 0 Å². The molecule has 0 aromatic heterocycles. The van der Waals surface area contributed by atoms with Crippen LogP contribution >= 0.6 is 0 Å². The Morgan fingerprint density at radius 3 is 2.86 bits per heavy atom. The predicted molar refractivity (Wildman–Crippen MR) is 76.8 cm³/mol. The molecule has 0 saturated carbocycles. The third kappa shape index (κ3) is 3.64. The molecule has 0 amide bonds. The highest BCUT2D eigenvalue weighted by molar-refractivity contribution is 5.91. The number of rotatable bonds is 5. The minimum atomic E-state index is -0.678. The highest BCUT2D eigenvalue weighted by atomic mass is 16.5. The van der Waals surface area contributed by atoms with Gasteiger partial charge in [-0.1, -0.05) is 11.6 Å². The number of aliphatic hydroxyl groups is 1. The summed E-state index contributed by atoms with van der Waals surface area (Å²) in [4.78, 5) is 11.8. The molecule has 2 rings (SSSR count). The first kappa shape index (κ1) is 15.1. The Balaban J connectivity index is 2.11. The van der Waals surface area contributed by atoms with Crippen molar-refractivity contribution in [2.24, 2.45) is 0 Å². The van der Waals surface area contributed by atoms with E-state index in [1.165, 1.54) is 18.2 Å². The third-order valence-electron chi connectivity index (χ3n) is 3.32. The lowest BCUT2D eigenvalue weighted by molar-refractivity contribution is -0.140. The number of allylic oxidation sites excluding steroid dienone is 1. The maximum Gasteiger partial charge on any atom is 0.334 e. The topological polar surface area (TPSA) is 87.0 Å². The van der Waals surface area contributed by atoms with E-state index in [0.717, 1.165) is 5.57 Å². The van der Waals surface area contributed by atoms with E-state index in [9.17, 15) is 15.0 Å². The minimum absolute atomic E-state index is 0.00204. The second-order valence-electron chi connectivity index (χ2n) is 5.01. The van der Waals surface area contributed by atoms with Gasteiger partial charge >= 0.3 is 5.97 Å². The van der Waals surface area contributed by atoms with Gasteiger partial charge in [-0.05, 0) is 44.0 Å². The van der Waals surface area contributed by atoms with E-state index in [4.69, 9.17) is 9.84 Å². The van der Waals surface area contributed by atoms with Crippen LogP contribution in [-0.2, 0) is 9.53 Å². The van der Waals surface area contributed by atoms with Gasteiger partial charge in [-0.2, -0.15) is 0 Å². The van der Waals surface area contributed by atoms with E-state index in [1.807, 2.05) is 13.0 Å². The van der Waals surface area contributed by atoms with Crippen LogP contribution in [0.5, 0.6) is 11.5 Å². The summed E-state index contributed by atoms with van der Waals surface area (Å²) < 4.78 is 5.21. The summed E-state index contributed by atoms with van der Waals surface area (Å²) in [5.41, 5.74) is 1.74. The van der Waals surface area contributed by atoms with E-state index < -0.39 is 12.1 Å². The van der Waals surface area contributed by atoms with Crippen molar-refractivity contribution in [1.29, 1.82) is 0 Å². The number of benzene rings is 1. The molecule has 1 aromatic rings. The van der Waals surface area contributed by atoms with Crippen LogP contribution < -0.4 is 0 Å². The molecule has 5 nitrogen and oxygen atoms in total. The normalized spacial score (nSPS) is 18.6. The number of aromatic hydroxyl groups is 2. The number of carbonyl (C=O) groups excluding carboxylic acids is 1. The van der Waals surface area contributed by atoms with Crippen LogP contribution in [0, 0.1) is 0 Å². The number of cyclic esters (lactones) is 1. The highest BCUT2D eigenvalue weighted by Gasteiger charge is 2.28. The Morgan fingerprint density at radius 1 is 1.38 bits per heavy atom.